The number of rotatable bonds is 7. The fourth-order valence-corrected chi connectivity index (χ4v) is 3.21. The molecule has 1 aliphatic carbocycles. The Labute approximate surface area is 161 Å². The lowest BCUT2D eigenvalue weighted by molar-refractivity contribution is -0.157. The Morgan fingerprint density at radius 1 is 1.04 bits per heavy atom. The Balaban J connectivity index is 1.54. The lowest BCUT2D eigenvalue weighted by Crippen LogP contribution is -2.41. The standard InChI is InChI=1S/C21H21FN2O4/c22-17-5-2-1-4-15(17)13-23-19(26)14-6-8-16(9-7-14)24-18(25)12-21(20(27)28)10-3-11-21/h1-2,4-9H,3,10-13H2,(H,23,26)(H,24,25)(H,27,28). The average molecular weight is 384 g/mol. The van der Waals surface area contributed by atoms with Crippen molar-refractivity contribution < 1.29 is 23.9 Å². The zero-order valence-corrected chi connectivity index (χ0v) is 15.2. The van der Waals surface area contributed by atoms with E-state index in [1.165, 1.54) is 6.07 Å². The summed E-state index contributed by atoms with van der Waals surface area (Å²) in [5, 5.41) is 14.6. The number of amides is 2. The number of hydrogen-bond donors (Lipinski definition) is 3. The van der Waals surface area contributed by atoms with Gasteiger partial charge in [0.15, 0.2) is 0 Å². The van der Waals surface area contributed by atoms with E-state index >= 15 is 0 Å². The predicted octanol–water partition coefficient (Wildman–Crippen LogP) is 3.34. The Morgan fingerprint density at radius 3 is 2.29 bits per heavy atom. The Hall–Kier alpha value is -3.22. The van der Waals surface area contributed by atoms with Crippen molar-refractivity contribution in [3.8, 4) is 0 Å². The van der Waals surface area contributed by atoms with Gasteiger partial charge < -0.3 is 15.7 Å². The molecule has 1 aliphatic rings. The van der Waals surface area contributed by atoms with Crippen LogP contribution in [0.3, 0.4) is 0 Å². The second kappa shape index (κ2) is 8.21. The van der Waals surface area contributed by atoms with Crippen LogP contribution in [-0.4, -0.2) is 22.9 Å². The predicted molar refractivity (Wildman–Crippen MR) is 101 cm³/mol. The van der Waals surface area contributed by atoms with E-state index in [1.54, 1.807) is 42.5 Å². The number of aliphatic carboxylic acids is 1. The zero-order valence-electron chi connectivity index (χ0n) is 15.2. The Bertz CT molecular complexity index is 892. The molecular formula is C21H21FN2O4. The molecule has 0 aromatic heterocycles. The smallest absolute Gasteiger partial charge is 0.310 e. The Morgan fingerprint density at radius 2 is 1.71 bits per heavy atom. The first-order valence-electron chi connectivity index (χ1n) is 9.04. The summed E-state index contributed by atoms with van der Waals surface area (Å²) in [5.74, 6) is -2.04. The maximum atomic E-state index is 13.6. The topological polar surface area (TPSA) is 95.5 Å². The van der Waals surface area contributed by atoms with Crippen LogP contribution in [0.1, 0.15) is 41.6 Å². The average Bonchev–Trinajstić information content (AvgIpc) is 2.64. The van der Waals surface area contributed by atoms with Crippen molar-refractivity contribution in [2.75, 3.05) is 5.32 Å². The quantitative estimate of drug-likeness (QED) is 0.682. The highest BCUT2D eigenvalue weighted by molar-refractivity contribution is 5.97. The molecule has 0 aliphatic heterocycles. The molecule has 2 amide bonds. The summed E-state index contributed by atoms with van der Waals surface area (Å²) in [4.78, 5) is 35.7. The second-order valence-corrected chi connectivity index (χ2v) is 7.02. The Kier molecular flexibility index (Phi) is 5.73. The largest absolute Gasteiger partial charge is 0.481 e. The van der Waals surface area contributed by atoms with Gasteiger partial charge in [0.2, 0.25) is 5.91 Å². The summed E-state index contributed by atoms with van der Waals surface area (Å²) < 4.78 is 13.6. The maximum absolute atomic E-state index is 13.6. The molecule has 7 heteroatoms. The minimum Gasteiger partial charge on any atom is -0.481 e. The van der Waals surface area contributed by atoms with Gasteiger partial charge in [-0.1, -0.05) is 24.6 Å². The molecule has 146 valence electrons. The fraction of sp³-hybridized carbons (Fsp3) is 0.286. The van der Waals surface area contributed by atoms with Gasteiger partial charge >= 0.3 is 5.97 Å². The van der Waals surface area contributed by atoms with Gasteiger partial charge in [-0.05, 0) is 43.2 Å². The maximum Gasteiger partial charge on any atom is 0.310 e. The molecule has 2 aromatic carbocycles. The highest BCUT2D eigenvalue weighted by Gasteiger charge is 2.45. The van der Waals surface area contributed by atoms with E-state index in [1.807, 2.05) is 0 Å². The van der Waals surface area contributed by atoms with Crippen LogP contribution in [0, 0.1) is 11.2 Å². The molecule has 6 nitrogen and oxygen atoms in total. The lowest BCUT2D eigenvalue weighted by atomic mass is 9.66. The van der Waals surface area contributed by atoms with Crippen LogP contribution in [0.5, 0.6) is 0 Å². The number of anilines is 1. The first-order valence-corrected chi connectivity index (χ1v) is 9.04. The fourth-order valence-electron chi connectivity index (χ4n) is 3.21. The normalized spacial score (nSPS) is 14.6. The van der Waals surface area contributed by atoms with Gasteiger partial charge in [0.25, 0.3) is 5.91 Å². The number of carbonyl (C=O) groups is 3. The van der Waals surface area contributed by atoms with E-state index in [-0.39, 0.29) is 30.6 Å². The molecule has 0 heterocycles. The first kappa shape index (κ1) is 19.5. The number of hydrogen-bond acceptors (Lipinski definition) is 3. The number of carboxylic acids is 1. The summed E-state index contributed by atoms with van der Waals surface area (Å²) in [6.45, 7) is 0.0707. The van der Waals surface area contributed by atoms with Gasteiger partial charge in [0.05, 0.1) is 5.41 Å². The molecule has 3 rings (SSSR count). The van der Waals surface area contributed by atoms with E-state index in [2.05, 4.69) is 10.6 Å². The van der Waals surface area contributed by atoms with E-state index in [4.69, 9.17) is 0 Å². The van der Waals surface area contributed by atoms with E-state index in [9.17, 15) is 23.9 Å². The number of benzene rings is 2. The number of nitrogens with one attached hydrogen (secondary N) is 2. The summed E-state index contributed by atoms with van der Waals surface area (Å²) in [7, 11) is 0. The summed E-state index contributed by atoms with van der Waals surface area (Å²) in [5.41, 5.74) is 0.297. The van der Waals surface area contributed by atoms with Crippen LogP contribution in [-0.2, 0) is 16.1 Å². The summed E-state index contributed by atoms with van der Waals surface area (Å²) in [6, 6.07) is 12.4. The first-order chi connectivity index (χ1) is 13.4. The molecule has 0 saturated heterocycles. The van der Waals surface area contributed by atoms with Gasteiger partial charge in [0, 0.05) is 29.8 Å². The highest BCUT2D eigenvalue weighted by Crippen LogP contribution is 2.44. The van der Waals surface area contributed by atoms with Gasteiger partial charge in [-0.25, -0.2) is 4.39 Å². The lowest BCUT2D eigenvalue weighted by Gasteiger charge is -2.36. The molecule has 0 unspecified atom stereocenters. The third-order valence-electron chi connectivity index (χ3n) is 5.09. The van der Waals surface area contributed by atoms with E-state index in [0.717, 1.165) is 6.42 Å². The molecule has 1 saturated carbocycles. The SMILES string of the molecule is O=C(CC1(C(=O)O)CCC1)Nc1ccc(C(=O)NCc2ccccc2F)cc1. The minimum atomic E-state index is -0.948. The molecule has 1 fully saturated rings. The van der Waals surface area contributed by atoms with Crippen molar-refractivity contribution in [2.45, 2.75) is 32.2 Å². The molecule has 3 N–H and O–H groups in total. The third-order valence-corrected chi connectivity index (χ3v) is 5.09. The molecule has 28 heavy (non-hydrogen) atoms. The number of carbonyl (C=O) groups excluding carboxylic acids is 2. The molecule has 0 atom stereocenters. The van der Waals surface area contributed by atoms with Crippen LogP contribution in [0.4, 0.5) is 10.1 Å². The van der Waals surface area contributed by atoms with Gasteiger partial charge in [0.1, 0.15) is 5.82 Å². The van der Waals surface area contributed by atoms with Crippen LogP contribution < -0.4 is 10.6 Å². The molecular weight excluding hydrogens is 363 g/mol. The van der Waals surface area contributed by atoms with Crippen LogP contribution in [0.25, 0.3) is 0 Å². The van der Waals surface area contributed by atoms with Crippen LogP contribution in [0.15, 0.2) is 48.5 Å². The summed E-state index contributed by atoms with van der Waals surface area (Å²) in [6.07, 6.45) is 1.78. The summed E-state index contributed by atoms with van der Waals surface area (Å²) >= 11 is 0. The van der Waals surface area contributed by atoms with E-state index < -0.39 is 11.4 Å². The van der Waals surface area contributed by atoms with Crippen molar-refractivity contribution in [3.05, 3.63) is 65.5 Å². The van der Waals surface area contributed by atoms with Crippen LogP contribution in [0.2, 0.25) is 0 Å². The minimum absolute atomic E-state index is 0.0623. The van der Waals surface area contributed by atoms with E-state index in [0.29, 0.717) is 29.7 Å². The number of carboxylic acid groups (broad SMARTS) is 1. The third kappa shape index (κ3) is 4.36. The molecule has 0 spiro atoms. The second-order valence-electron chi connectivity index (χ2n) is 7.02. The monoisotopic (exact) mass is 384 g/mol. The molecule has 0 bridgehead atoms. The highest BCUT2D eigenvalue weighted by atomic mass is 19.1. The van der Waals surface area contributed by atoms with Crippen molar-refractivity contribution >= 4 is 23.5 Å². The van der Waals surface area contributed by atoms with Crippen molar-refractivity contribution in [1.82, 2.24) is 5.32 Å². The molecule has 0 radical (unpaired) electrons. The van der Waals surface area contributed by atoms with Gasteiger partial charge in [-0.15, -0.1) is 0 Å². The zero-order chi connectivity index (χ0) is 20.1. The number of halogens is 1. The van der Waals surface area contributed by atoms with Gasteiger partial charge in [-0.2, -0.15) is 0 Å². The van der Waals surface area contributed by atoms with Gasteiger partial charge in [-0.3, -0.25) is 14.4 Å². The molecule has 2 aromatic rings. The van der Waals surface area contributed by atoms with Crippen LogP contribution >= 0.6 is 0 Å². The van der Waals surface area contributed by atoms with Crippen molar-refractivity contribution in [3.63, 3.8) is 0 Å². The van der Waals surface area contributed by atoms with Crippen molar-refractivity contribution in [2.24, 2.45) is 5.41 Å². The van der Waals surface area contributed by atoms with Crippen molar-refractivity contribution in [1.29, 1.82) is 0 Å².